The SMILES string of the molecule is CCC[C@@H](C)[C@H]1CC[C@H]2[C@@H]3[C@@H](C(=O)O)CC4CCC(=O)C(=O)[C@]4(C)[C@H]3CC[C@]12C. The lowest BCUT2D eigenvalue weighted by atomic mass is 9.42. The molecule has 0 amide bonds. The molecule has 4 aliphatic carbocycles. The van der Waals surface area contributed by atoms with E-state index in [0.29, 0.717) is 37.0 Å². The molecule has 0 aliphatic heterocycles. The van der Waals surface area contributed by atoms with Crippen molar-refractivity contribution in [1.82, 2.24) is 0 Å². The highest BCUT2D eigenvalue weighted by Crippen LogP contribution is 2.68. The van der Waals surface area contributed by atoms with Gasteiger partial charge in [-0.3, -0.25) is 14.4 Å². The Bertz CT molecular complexity index is 714. The van der Waals surface area contributed by atoms with Crippen LogP contribution in [0.1, 0.15) is 85.5 Å². The molecular weight excluding hydrogens is 364 g/mol. The molecule has 0 aromatic rings. The lowest BCUT2D eigenvalue weighted by Crippen LogP contribution is -2.61. The topological polar surface area (TPSA) is 71.4 Å². The predicted octanol–water partition coefficient (Wildman–Crippen LogP) is 5.14. The molecule has 4 heteroatoms. The van der Waals surface area contributed by atoms with E-state index in [4.69, 9.17) is 0 Å². The normalized spacial score (nSPS) is 47.9. The molecule has 0 saturated heterocycles. The first-order valence-electron chi connectivity index (χ1n) is 12.0. The van der Waals surface area contributed by atoms with Gasteiger partial charge in [-0.15, -0.1) is 0 Å². The van der Waals surface area contributed by atoms with Crippen LogP contribution in [0.2, 0.25) is 0 Å². The van der Waals surface area contributed by atoms with Crippen molar-refractivity contribution >= 4 is 17.5 Å². The largest absolute Gasteiger partial charge is 0.481 e. The molecule has 29 heavy (non-hydrogen) atoms. The zero-order valence-corrected chi connectivity index (χ0v) is 18.6. The van der Waals surface area contributed by atoms with E-state index >= 15 is 0 Å². The second kappa shape index (κ2) is 7.20. The van der Waals surface area contributed by atoms with Gasteiger partial charge in [-0.2, -0.15) is 0 Å². The van der Waals surface area contributed by atoms with Crippen LogP contribution < -0.4 is 0 Å². The van der Waals surface area contributed by atoms with E-state index in [1.807, 2.05) is 6.92 Å². The number of rotatable bonds is 4. The van der Waals surface area contributed by atoms with E-state index in [-0.39, 0.29) is 40.7 Å². The molecule has 4 saturated carbocycles. The monoisotopic (exact) mass is 402 g/mol. The van der Waals surface area contributed by atoms with E-state index in [1.165, 1.54) is 19.3 Å². The fourth-order valence-electron chi connectivity index (χ4n) is 8.85. The Balaban J connectivity index is 1.73. The van der Waals surface area contributed by atoms with Gasteiger partial charge in [0.1, 0.15) is 0 Å². The Morgan fingerprint density at radius 3 is 2.52 bits per heavy atom. The number of hydrogen-bond donors (Lipinski definition) is 1. The fourth-order valence-corrected chi connectivity index (χ4v) is 8.85. The second-order valence-corrected chi connectivity index (χ2v) is 11.2. The van der Waals surface area contributed by atoms with Gasteiger partial charge in [-0.05, 0) is 79.4 Å². The number of hydrogen-bond acceptors (Lipinski definition) is 3. The zero-order valence-electron chi connectivity index (χ0n) is 18.6. The van der Waals surface area contributed by atoms with Crippen molar-refractivity contribution in [3.63, 3.8) is 0 Å². The van der Waals surface area contributed by atoms with Crippen molar-refractivity contribution in [1.29, 1.82) is 0 Å². The lowest BCUT2D eigenvalue weighted by Gasteiger charge is -2.61. The van der Waals surface area contributed by atoms with Gasteiger partial charge in [0.05, 0.1) is 5.92 Å². The third kappa shape index (κ3) is 2.87. The van der Waals surface area contributed by atoms with Crippen LogP contribution in [0, 0.1) is 52.3 Å². The van der Waals surface area contributed by atoms with Gasteiger partial charge in [-0.1, -0.05) is 40.5 Å². The Hall–Kier alpha value is -1.19. The summed E-state index contributed by atoms with van der Waals surface area (Å²) in [4.78, 5) is 37.9. The predicted molar refractivity (Wildman–Crippen MR) is 111 cm³/mol. The maximum absolute atomic E-state index is 13.1. The van der Waals surface area contributed by atoms with E-state index < -0.39 is 11.4 Å². The molecule has 0 heterocycles. The minimum atomic E-state index is -0.680. The molecule has 4 aliphatic rings. The highest BCUT2D eigenvalue weighted by Gasteiger charge is 2.66. The molecule has 0 bridgehead atoms. The molecule has 0 radical (unpaired) electrons. The van der Waals surface area contributed by atoms with E-state index in [1.54, 1.807) is 0 Å². The molecule has 4 rings (SSSR count). The number of carboxylic acids is 1. The third-order valence-corrected chi connectivity index (χ3v) is 10.2. The van der Waals surface area contributed by atoms with Crippen LogP contribution >= 0.6 is 0 Å². The number of carboxylic acid groups (broad SMARTS) is 1. The van der Waals surface area contributed by atoms with Crippen LogP contribution in [0.15, 0.2) is 0 Å². The molecule has 9 atom stereocenters. The summed E-state index contributed by atoms with van der Waals surface area (Å²) in [7, 11) is 0. The van der Waals surface area contributed by atoms with Crippen molar-refractivity contribution < 1.29 is 19.5 Å². The average molecular weight is 403 g/mol. The highest BCUT2D eigenvalue weighted by atomic mass is 16.4. The number of carbonyl (C=O) groups is 3. The lowest BCUT2D eigenvalue weighted by molar-refractivity contribution is -0.179. The van der Waals surface area contributed by atoms with E-state index in [2.05, 4.69) is 20.8 Å². The molecule has 0 spiro atoms. The maximum atomic E-state index is 13.1. The van der Waals surface area contributed by atoms with Gasteiger partial charge in [0, 0.05) is 11.8 Å². The zero-order chi connectivity index (χ0) is 21.1. The van der Waals surface area contributed by atoms with Crippen LogP contribution in [0.5, 0.6) is 0 Å². The minimum absolute atomic E-state index is 0.0428. The number of aliphatic carboxylic acids is 1. The van der Waals surface area contributed by atoms with Crippen molar-refractivity contribution in [3.05, 3.63) is 0 Å². The summed E-state index contributed by atoms with van der Waals surface area (Å²) in [5.41, 5.74) is -0.464. The molecule has 0 aromatic carbocycles. The number of ketones is 2. The van der Waals surface area contributed by atoms with Gasteiger partial charge in [-0.25, -0.2) is 0 Å². The van der Waals surface area contributed by atoms with Gasteiger partial charge < -0.3 is 5.11 Å². The quantitative estimate of drug-likeness (QED) is 0.661. The fraction of sp³-hybridized carbons (Fsp3) is 0.880. The molecule has 1 unspecified atom stereocenters. The van der Waals surface area contributed by atoms with Crippen LogP contribution in [0.3, 0.4) is 0 Å². The van der Waals surface area contributed by atoms with Gasteiger partial charge in [0.15, 0.2) is 5.78 Å². The van der Waals surface area contributed by atoms with Gasteiger partial charge >= 0.3 is 5.97 Å². The van der Waals surface area contributed by atoms with Crippen LogP contribution in [0.25, 0.3) is 0 Å². The van der Waals surface area contributed by atoms with Crippen LogP contribution in [0.4, 0.5) is 0 Å². The Morgan fingerprint density at radius 1 is 1.14 bits per heavy atom. The molecular formula is C25H38O4. The summed E-state index contributed by atoms with van der Waals surface area (Å²) in [5, 5.41) is 10.2. The summed E-state index contributed by atoms with van der Waals surface area (Å²) < 4.78 is 0. The summed E-state index contributed by atoms with van der Waals surface area (Å²) in [6.45, 7) is 9.06. The maximum Gasteiger partial charge on any atom is 0.306 e. The Morgan fingerprint density at radius 2 is 1.86 bits per heavy atom. The van der Waals surface area contributed by atoms with Crippen molar-refractivity contribution in [2.75, 3.05) is 0 Å². The molecule has 0 aromatic heterocycles. The highest BCUT2D eigenvalue weighted by molar-refractivity contribution is 6.39. The summed E-state index contributed by atoms with van der Waals surface area (Å²) in [6.07, 6.45) is 8.25. The first kappa shape index (κ1) is 21.1. The minimum Gasteiger partial charge on any atom is -0.481 e. The second-order valence-electron chi connectivity index (χ2n) is 11.2. The average Bonchev–Trinajstić information content (AvgIpc) is 3.02. The Labute approximate surface area is 175 Å². The van der Waals surface area contributed by atoms with Crippen molar-refractivity contribution in [2.24, 2.45) is 52.3 Å². The molecule has 162 valence electrons. The molecule has 1 N–H and O–H groups in total. The smallest absolute Gasteiger partial charge is 0.306 e. The van der Waals surface area contributed by atoms with E-state index in [9.17, 15) is 19.5 Å². The molecule has 4 nitrogen and oxygen atoms in total. The number of Topliss-reactive ketones (excluding diaryl/α,β-unsaturated/α-hetero) is 2. The summed E-state index contributed by atoms with van der Waals surface area (Å²) >= 11 is 0. The number of carbonyl (C=O) groups excluding carboxylic acids is 2. The van der Waals surface area contributed by atoms with Crippen LogP contribution in [-0.4, -0.2) is 22.6 Å². The van der Waals surface area contributed by atoms with Crippen molar-refractivity contribution in [3.8, 4) is 0 Å². The first-order valence-corrected chi connectivity index (χ1v) is 12.0. The van der Waals surface area contributed by atoms with Crippen molar-refractivity contribution in [2.45, 2.75) is 85.5 Å². The first-order chi connectivity index (χ1) is 13.7. The standard InChI is InChI=1S/C25H38O4/c1-5-6-14(2)17-8-9-18-21-16(23(28)29)13-15-7-10-20(26)22(27)25(15,4)19(21)11-12-24(17,18)3/h14-19,21H,5-13H2,1-4H3,(H,28,29)/t14-,15?,16+,17-,18+,19+,21+,24-,25+/m1/s1. The molecule has 4 fully saturated rings. The summed E-state index contributed by atoms with van der Waals surface area (Å²) in [6, 6.07) is 0. The third-order valence-electron chi connectivity index (χ3n) is 10.2. The van der Waals surface area contributed by atoms with Gasteiger partial charge in [0.2, 0.25) is 5.78 Å². The van der Waals surface area contributed by atoms with Crippen LogP contribution in [-0.2, 0) is 14.4 Å². The Kier molecular flexibility index (Phi) is 5.23. The number of fused-ring (bicyclic) bond motifs is 5. The van der Waals surface area contributed by atoms with Gasteiger partial charge in [0.25, 0.3) is 0 Å². The van der Waals surface area contributed by atoms with E-state index in [0.717, 1.165) is 19.3 Å². The summed E-state index contributed by atoms with van der Waals surface area (Å²) in [5.74, 6) is 0.389.